The maximum atomic E-state index is 5.97. The van der Waals surface area contributed by atoms with E-state index in [0.717, 1.165) is 0 Å². The van der Waals surface area contributed by atoms with Gasteiger partial charge in [0.1, 0.15) is 0 Å². The summed E-state index contributed by atoms with van der Waals surface area (Å²) in [6.45, 7) is 4.59. The molecule has 0 bridgehead atoms. The van der Waals surface area contributed by atoms with Crippen LogP contribution in [-0.4, -0.2) is 22.8 Å². The fourth-order valence-electron chi connectivity index (χ4n) is 4.91. The molecule has 0 amide bonds. The van der Waals surface area contributed by atoms with Crippen molar-refractivity contribution in [3.05, 3.63) is 0 Å². The molecule has 32 heavy (non-hydrogen) atoms. The van der Waals surface area contributed by atoms with Crippen LogP contribution in [0.2, 0.25) is 12.1 Å². The van der Waals surface area contributed by atoms with E-state index < -0.39 is 8.56 Å². The van der Waals surface area contributed by atoms with Gasteiger partial charge in [-0.2, -0.15) is 0 Å². The van der Waals surface area contributed by atoms with Gasteiger partial charge >= 0.3 is 8.56 Å². The van der Waals surface area contributed by atoms with Crippen molar-refractivity contribution in [1.82, 2.24) is 0 Å². The van der Waals surface area contributed by atoms with Crippen LogP contribution in [0.1, 0.15) is 162 Å². The Labute approximate surface area is 205 Å². The lowest BCUT2D eigenvalue weighted by Crippen LogP contribution is -2.39. The minimum absolute atomic E-state index is 1.19. The van der Waals surface area contributed by atoms with Crippen molar-refractivity contribution < 1.29 is 8.85 Å². The first kappa shape index (κ1) is 32.1. The number of unbranched alkanes of at least 4 members (excludes halogenated alkanes) is 21. The van der Waals surface area contributed by atoms with Gasteiger partial charge in [-0.3, -0.25) is 0 Å². The largest absolute Gasteiger partial charge is 0.398 e. The molecule has 0 aromatic rings. The summed E-state index contributed by atoms with van der Waals surface area (Å²) in [6, 6.07) is 2.38. The molecule has 0 aromatic heterocycles. The Morgan fingerprint density at radius 2 is 0.562 bits per heavy atom. The van der Waals surface area contributed by atoms with E-state index in [1.807, 2.05) is 14.2 Å². The fraction of sp³-hybridized carbons (Fsp3) is 1.00. The van der Waals surface area contributed by atoms with Crippen LogP contribution in [0, 0.1) is 0 Å². The molecule has 0 aliphatic rings. The van der Waals surface area contributed by atoms with Gasteiger partial charge in [0.2, 0.25) is 0 Å². The summed E-state index contributed by atoms with van der Waals surface area (Å²) in [6.07, 6.45) is 32.4. The second kappa shape index (κ2) is 25.8. The Morgan fingerprint density at radius 1 is 0.344 bits per heavy atom. The zero-order valence-corrected chi connectivity index (χ0v) is 24.0. The van der Waals surface area contributed by atoms with E-state index in [0.29, 0.717) is 0 Å². The zero-order valence-electron chi connectivity index (χ0n) is 23.0. The molecule has 2 nitrogen and oxygen atoms in total. The third-order valence-corrected chi connectivity index (χ3v) is 11.0. The van der Waals surface area contributed by atoms with Crippen LogP contribution in [-0.2, 0) is 8.85 Å². The standard InChI is InChI=1S/C29H62O2Si/c1-5-7-9-11-13-14-15-16-17-18-19-20-21-23-25-27-29-32(30-3,31-4)28-26-24-22-12-10-8-6-2/h5-29H2,1-4H3. The maximum Gasteiger partial charge on any atom is 0.337 e. The molecule has 3 heteroatoms. The molecule has 0 radical (unpaired) electrons. The molecule has 0 aromatic carbocycles. The fourth-order valence-corrected chi connectivity index (χ4v) is 7.72. The van der Waals surface area contributed by atoms with Gasteiger partial charge in [0.25, 0.3) is 0 Å². The SMILES string of the molecule is CCCCCCCCCCCCCCCCCC[Si](CCCCCCCCC)(OC)OC. The lowest BCUT2D eigenvalue weighted by atomic mass is 10.0. The number of rotatable bonds is 27. The van der Waals surface area contributed by atoms with E-state index in [1.165, 1.54) is 160 Å². The molecule has 0 saturated carbocycles. The highest BCUT2D eigenvalue weighted by molar-refractivity contribution is 6.67. The Kier molecular flexibility index (Phi) is 25.9. The first-order valence-electron chi connectivity index (χ1n) is 14.8. The van der Waals surface area contributed by atoms with E-state index in [9.17, 15) is 0 Å². The summed E-state index contributed by atoms with van der Waals surface area (Å²) in [5, 5.41) is 0. The van der Waals surface area contributed by atoms with Crippen LogP contribution < -0.4 is 0 Å². The summed E-state index contributed by atoms with van der Waals surface area (Å²) < 4.78 is 11.9. The molecule has 0 aliphatic heterocycles. The van der Waals surface area contributed by atoms with E-state index in [-0.39, 0.29) is 0 Å². The molecule has 0 unspecified atom stereocenters. The molecule has 0 spiro atoms. The minimum atomic E-state index is -1.93. The molecule has 0 heterocycles. The highest BCUT2D eigenvalue weighted by Gasteiger charge is 2.33. The summed E-state index contributed by atoms with van der Waals surface area (Å²) in [4.78, 5) is 0. The number of hydrogen-bond donors (Lipinski definition) is 0. The van der Waals surface area contributed by atoms with E-state index in [2.05, 4.69) is 13.8 Å². The van der Waals surface area contributed by atoms with Crippen molar-refractivity contribution in [1.29, 1.82) is 0 Å². The van der Waals surface area contributed by atoms with E-state index in [4.69, 9.17) is 8.85 Å². The van der Waals surface area contributed by atoms with Crippen LogP contribution in [0.25, 0.3) is 0 Å². The molecule has 0 rings (SSSR count). The van der Waals surface area contributed by atoms with Gasteiger partial charge in [-0.15, -0.1) is 0 Å². The van der Waals surface area contributed by atoms with Gasteiger partial charge in [-0.1, -0.05) is 162 Å². The summed E-state index contributed by atoms with van der Waals surface area (Å²) in [5.41, 5.74) is 0. The molecular formula is C29H62O2Si. The Bertz CT molecular complexity index is 344. The summed E-state index contributed by atoms with van der Waals surface area (Å²) >= 11 is 0. The Hall–Kier alpha value is 0.137. The topological polar surface area (TPSA) is 18.5 Å². The molecule has 0 aliphatic carbocycles. The van der Waals surface area contributed by atoms with Gasteiger partial charge in [0, 0.05) is 14.2 Å². The van der Waals surface area contributed by atoms with Gasteiger partial charge in [0.05, 0.1) is 0 Å². The summed E-state index contributed by atoms with van der Waals surface area (Å²) in [5.74, 6) is 0. The van der Waals surface area contributed by atoms with Gasteiger partial charge < -0.3 is 8.85 Å². The first-order chi connectivity index (χ1) is 15.7. The first-order valence-corrected chi connectivity index (χ1v) is 17.1. The average Bonchev–Trinajstić information content (AvgIpc) is 2.82. The predicted molar refractivity (Wildman–Crippen MR) is 147 cm³/mol. The van der Waals surface area contributed by atoms with Crippen molar-refractivity contribution >= 4 is 8.56 Å². The third kappa shape index (κ3) is 20.7. The van der Waals surface area contributed by atoms with E-state index in [1.54, 1.807) is 0 Å². The third-order valence-electron chi connectivity index (χ3n) is 7.32. The Balaban J connectivity index is 3.51. The Morgan fingerprint density at radius 3 is 0.781 bits per heavy atom. The van der Waals surface area contributed by atoms with Crippen molar-refractivity contribution in [3.8, 4) is 0 Å². The predicted octanol–water partition coefficient (Wildman–Crippen LogP) is 10.7. The van der Waals surface area contributed by atoms with Gasteiger partial charge in [-0.05, 0) is 12.1 Å². The van der Waals surface area contributed by atoms with Crippen LogP contribution in [0.3, 0.4) is 0 Å². The van der Waals surface area contributed by atoms with E-state index >= 15 is 0 Å². The normalized spacial score (nSPS) is 12.0. The number of hydrogen-bond acceptors (Lipinski definition) is 2. The maximum absolute atomic E-state index is 5.97. The minimum Gasteiger partial charge on any atom is -0.398 e. The van der Waals surface area contributed by atoms with Crippen molar-refractivity contribution in [2.24, 2.45) is 0 Å². The second-order valence-electron chi connectivity index (χ2n) is 10.2. The van der Waals surface area contributed by atoms with Crippen LogP contribution in [0.15, 0.2) is 0 Å². The average molecular weight is 471 g/mol. The van der Waals surface area contributed by atoms with Crippen LogP contribution in [0.5, 0.6) is 0 Å². The second-order valence-corrected chi connectivity index (χ2v) is 13.9. The molecule has 0 N–H and O–H groups in total. The monoisotopic (exact) mass is 470 g/mol. The molecule has 194 valence electrons. The zero-order chi connectivity index (χ0) is 23.6. The molecule has 0 saturated heterocycles. The highest BCUT2D eigenvalue weighted by Crippen LogP contribution is 2.25. The lowest BCUT2D eigenvalue weighted by molar-refractivity contribution is 0.238. The molecule has 0 atom stereocenters. The van der Waals surface area contributed by atoms with Crippen LogP contribution >= 0.6 is 0 Å². The van der Waals surface area contributed by atoms with Crippen molar-refractivity contribution in [2.45, 2.75) is 174 Å². The van der Waals surface area contributed by atoms with Crippen molar-refractivity contribution in [2.75, 3.05) is 14.2 Å². The van der Waals surface area contributed by atoms with Gasteiger partial charge in [0.15, 0.2) is 0 Å². The van der Waals surface area contributed by atoms with Crippen LogP contribution in [0.4, 0.5) is 0 Å². The summed E-state index contributed by atoms with van der Waals surface area (Å²) in [7, 11) is 1.86. The lowest BCUT2D eigenvalue weighted by Gasteiger charge is -2.27. The van der Waals surface area contributed by atoms with Crippen molar-refractivity contribution in [3.63, 3.8) is 0 Å². The smallest absolute Gasteiger partial charge is 0.337 e. The quantitative estimate of drug-likeness (QED) is 0.0877. The highest BCUT2D eigenvalue weighted by atomic mass is 28.4. The van der Waals surface area contributed by atoms with Gasteiger partial charge in [-0.25, -0.2) is 0 Å². The molecular weight excluding hydrogens is 408 g/mol. The molecule has 0 fully saturated rings.